The van der Waals surface area contributed by atoms with Gasteiger partial charge in [-0.1, -0.05) is 26.2 Å². The van der Waals surface area contributed by atoms with E-state index in [0.717, 1.165) is 34.6 Å². The molecule has 2 rings (SSSR count). The lowest BCUT2D eigenvalue weighted by Gasteiger charge is -2.26. The molecule has 1 heterocycles. The minimum atomic E-state index is 0.719. The molecule has 1 N–H and O–H groups in total. The molecule has 18 heavy (non-hydrogen) atoms. The van der Waals surface area contributed by atoms with Crippen molar-refractivity contribution in [2.45, 2.75) is 46.0 Å². The number of nitrogens with one attached hydrogen (secondary N) is 1. The lowest BCUT2D eigenvalue weighted by molar-refractivity contribution is 0.274. The highest BCUT2D eigenvalue weighted by molar-refractivity contribution is 7.10. The van der Waals surface area contributed by atoms with Crippen molar-refractivity contribution in [3.05, 3.63) is 11.3 Å². The third kappa shape index (κ3) is 3.23. The molecule has 4 heteroatoms. The van der Waals surface area contributed by atoms with Gasteiger partial charge in [-0.2, -0.15) is 9.64 Å². The smallest absolute Gasteiger partial charge is 0.127 e. The number of nitriles is 1. The van der Waals surface area contributed by atoms with Crippen molar-refractivity contribution in [1.29, 1.82) is 5.26 Å². The van der Waals surface area contributed by atoms with Gasteiger partial charge in [-0.3, -0.25) is 0 Å². The molecule has 1 aliphatic carbocycles. The first-order valence-electron chi connectivity index (χ1n) is 6.81. The van der Waals surface area contributed by atoms with E-state index in [0.29, 0.717) is 0 Å². The van der Waals surface area contributed by atoms with Crippen LogP contribution in [0.25, 0.3) is 0 Å². The third-order valence-electron chi connectivity index (χ3n) is 3.86. The molecular weight excluding hydrogens is 242 g/mol. The van der Waals surface area contributed by atoms with Crippen molar-refractivity contribution in [2.75, 3.05) is 11.9 Å². The van der Waals surface area contributed by atoms with Crippen molar-refractivity contribution in [2.24, 2.45) is 11.8 Å². The first-order valence-corrected chi connectivity index (χ1v) is 7.58. The van der Waals surface area contributed by atoms with Crippen LogP contribution in [0.15, 0.2) is 0 Å². The fraction of sp³-hybridized carbons (Fsp3) is 0.714. The summed E-state index contributed by atoms with van der Waals surface area (Å²) in [6.45, 7) is 5.22. The quantitative estimate of drug-likeness (QED) is 0.894. The zero-order valence-electron chi connectivity index (χ0n) is 11.2. The van der Waals surface area contributed by atoms with Gasteiger partial charge in [-0.05, 0) is 43.1 Å². The Balaban J connectivity index is 1.80. The maximum Gasteiger partial charge on any atom is 0.127 e. The third-order valence-corrected chi connectivity index (χ3v) is 4.75. The molecule has 1 aromatic heterocycles. The van der Waals surface area contributed by atoms with Crippen molar-refractivity contribution in [1.82, 2.24) is 4.37 Å². The van der Waals surface area contributed by atoms with Gasteiger partial charge < -0.3 is 5.32 Å². The Morgan fingerprint density at radius 1 is 1.50 bits per heavy atom. The molecule has 0 radical (unpaired) electrons. The Morgan fingerprint density at radius 3 is 3.06 bits per heavy atom. The van der Waals surface area contributed by atoms with Gasteiger partial charge in [0.15, 0.2) is 0 Å². The second kappa shape index (κ2) is 6.19. The molecule has 3 nitrogen and oxygen atoms in total. The number of aryl methyl sites for hydroxylation is 1. The zero-order valence-corrected chi connectivity index (χ0v) is 12.0. The summed E-state index contributed by atoms with van der Waals surface area (Å²) >= 11 is 1.40. The fourth-order valence-corrected chi connectivity index (χ4v) is 3.60. The molecule has 1 aliphatic rings. The Hall–Kier alpha value is -1.08. The highest BCUT2D eigenvalue weighted by Gasteiger charge is 2.18. The van der Waals surface area contributed by atoms with Crippen molar-refractivity contribution in [3.8, 4) is 6.07 Å². The Kier molecular flexibility index (Phi) is 4.60. The van der Waals surface area contributed by atoms with Gasteiger partial charge in [-0.25, -0.2) is 0 Å². The van der Waals surface area contributed by atoms with Gasteiger partial charge in [0.05, 0.1) is 5.69 Å². The second-order valence-corrected chi connectivity index (χ2v) is 6.21. The minimum Gasteiger partial charge on any atom is -0.375 e. The summed E-state index contributed by atoms with van der Waals surface area (Å²) in [6.07, 6.45) is 6.74. The largest absolute Gasteiger partial charge is 0.375 e. The summed E-state index contributed by atoms with van der Waals surface area (Å²) in [5.41, 5.74) is 1.56. The van der Waals surface area contributed by atoms with Gasteiger partial charge in [-0.15, -0.1) is 0 Å². The summed E-state index contributed by atoms with van der Waals surface area (Å²) in [7, 11) is 0. The first kappa shape index (κ1) is 13.4. The molecule has 1 fully saturated rings. The van der Waals surface area contributed by atoms with E-state index < -0.39 is 0 Å². The Bertz CT molecular complexity index is 433. The van der Waals surface area contributed by atoms with E-state index in [4.69, 9.17) is 5.26 Å². The van der Waals surface area contributed by atoms with Crippen molar-refractivity contribution >= 4 is 16.5 Å². The van der Waals surface area contributed by atoms with E-state index >= 15 is 0 Å². The molecule has 0 saturated heterocycles. The van der Waals surface area contributed by atoms with Crippen molar-refractivity contribution in [3.63, 3.8) is 0 Å². The molecule has 98 valence electrons. The number of hydrogen-bond acceptors (Lipinski definition) is 4. The fourth-order valence-electron chi connectivity index (χ4n) is 2.83. The molecule has 1 aromatic rings. The average molecular weight is 263 g/mol. The normalized spacial score (nSPS) is 23.6. The molecule has 2 unspecified atom stereocenters. The number of rotatable bonds is 4. The van der Waals surface area contributed by atoms with Crippen LogP contribution in [0.2, 0.25) is 0 Å². The van der Waals surface area contributed by atoms with Crippen LogP contribution < -0.4 is 5.32 Å². The van der Waals surface area contributed by atoms with E-state index in [1.165, 1.54) is 43.6 Å². The maximum absolute atomic E-state index is 9.05. The monoisotopic (exact) mass is 263 g/mol. The van der Waals surface area contributed by atoms with E-state index in [-0.39, 0.29) is 0 Å². The SMILES string of the molecule is Cc1nsc(NCCC2CCCC(C)C2)c1C#N. The second-order valence-electron chi connectivity index (χ2n) is 5.44. The van der Waals surface area contributed by atoms with Crippen LogP contribution in [0.4, 0.5) is 5.00 Å². The van der Waals surface area contributed by atoms with Crippen LogP contribution in [0.1, 0.15) is 50.3 Å². The van der Waals surface area contributed by atoms with E-state index in [9.17, 15) is 0 Å². The van der Waals surface area contributed by atoms with Crippen LogP contribution in [0.5, 0.6) is 0 Å². The summed E-state index contributed by atoms with van der Waals surface area (Å²) in [5.74, 6) is 1.75. The predicted octanol–water partition coefficient (Wildman–Crippen LogP) is 3.95. The minimum absolute atomic E-state index is 0.719. The van der Waals surface area contributed by atoms with Gasteiger partial charge in [0.2, 0.25) is 0 Å². The van der Waals surface area contributed by atoms with Gasteiger partial charge in [0.1, 0.15) is 16.6 Å². The van der Waals surface area contributed by atoms with Crippen LogP contribution >= 0.6 is 11.5 Å². The Labute approximate surface area is 113 Å². The molecule has 0 bridgehead atoms. The number of anilines is 1. The summed E-state index contributed by atoms with van der Waals surface area (Å²) in [6, 6.07) is 2.22. The molecule has 1 saturated carbocycles. The van der Waals surface area contributed by atoms with Crippen LogP contribution in [-0.4, -0.2) is 10.9 Å². The number of hydrogen-bond donors (Lipinski definition) is 1. The van der Waals surface area contributed by atoms with Crippen LogP contribution in [-0.2, 0) is 0 Å². The van der Waals surface area contributed by atoms with E-state index in [1.54, 1.807) is 0 Å². The van der Waals surface area contributed by atoms with Gasteiger partial charge in [0.25, 0.3) is 0 Å². The number of aromatic nitrogens is 1. The highest BCUT2D eigenvalue weighted by atomic mass is 32.1. The van der Waals surface area contributed by atoms with E-state index in [1.807, 2.05) is 6.92 Å². The molecular formula is C14H21N3S. The number of nitrogens with zero attached hydrogens (tertiary/aromatic N) is 2. The highest BCUT2D eigenvalue weighted by Crippen LogP contribution is 2.31. The molecule has 0 aromatic carbocycles. The van der Waals surface area contributed by atoms with Crippen LogP contribution in [0, 0.1) is 30.1 Å². The van der Waals surface area contributed by atoms with Crippen molar-refractivity contribution < 1.29 is 0 Å². The lowest BCUT2D eigenvalue weighted by Crippen LogP contribution is -2.16. The summed E-state index contributed by atoms with van der Waals surface area (Å²) < 4.78 is 4.22. The lowest BCUT2D eigenvalue weighted by atomic mass is 9.81. The standard InChI is InChI=1S/C14H21N3S/c1-10-4-3-5-12(8-10)6-7-16-14-13(9-15)11(2)17-18-14/h10,12,16H,3-8H2,1-2H3. The topological polar surface area (TPSA) is 48.7 Å². The zero-order chi connectivity index (χ0) is 13.0. The molecule has 0 aliphatic heterocycles. The van der Waals surface area contributed by atoms with Gasteiger partial charge >= 0.3 is 0 Å². The van der Waals surface area contributed by atoms with Crippen LogP contribution in [0.3, 0.4) is 0 Å². The maximum atomic E-state index is 9.05. The molecule has 0 spiro atoms. The Morgan fingerprint density at radius 2 is 2.33 bits per heavy atom. The summed E-state index contributed by atoms with van der Waals surface area (Å²) in [4.78, 5) is 0. The summed E-state index contributed by atoms with van der Waals surface area (Å²) in [5, 5.41) is 13.4. The average Bonchev–Trinajstić information content (AvgIpc) is 2.70. The first-order chi connectivity index (χ1) is 8.70. The van der Waals surface area contributed by atoms with E-state index in [2.05, 4.69) is 22.7 Å². The molecule has 0 amide bonds. The van der Waals surface area contributed by atoms with Gasteiger partial charge in [0, 0.05) is 6.54 Å². The predicted molar refractivity (Wildman–Crippen MR) is 75.8 cm³/mol. The molecule has 2 atom stereocenters.